The second-order valence-corrected chi connectivity index (χ2v) is 8.95. The summed E-state index contributed by atoms with van der Waals surface area (Å²) in [7, 11) is 2.60. The SMILES string of the molecule is COC(=O)C1OC1c1ccccc1.COC(=O)[C@@H](Cl)[C@H](O)c1ccccc1.NC(=O)C(O)C(N)c1ccccc1. The Morgan fingerprint density at radius 3 is 1.75 bits per heavy atom. The van der Waals surface area contributed by atoms with E-state index in [-0.39, 0.29) is 12.1 Å². The maximum absolute atomic E-state index is 11.0. The number of halogens is 1. The van der Waals surface area contributed by atoms with E-state index < -0.39 is 41.6 Å². The molecule has 0 spiro atoms. The van der Waals surface area contributed by atoms with Crippen LogP contribution >= 0.6 is 11.6 Å². The van der Waals surface area contributed by atoms with Crippen molar-refractivity contribution < 1.29 is 38.8 Å². The van der Waals surface area contributed by atoms with Crippen molar-refractivity contribution >= 4 is 29.4 Å². The van der Waals surface area contributed by atoms with Crippen LogP contribution in [0.2, 0.25) is 0 Å². The molecule has 4 unspecified atom stereocenters. The quantitative estimate of drug-likeness (QED) is 0.179. The van der Waals surface area contributed by atoms with Gasteiger partial charge in [0.2, 0.25) is 5.91 Å². The first-order chi connectivity index (χ1) is 19.1. The van der Waals surface area contributed by atoms with Crippen molar-refractivity contribution in [3.8, 4) is 0 Å². The van der Waals surface area contributed by atoms with Crippen LogP contribution in [0.1, 0.15) is 34.9 Å². The van der Waals surface area contributed by atoms with E-state index in [1.165, 1.54) is 14.2 Å². The number of carbonyl (C=O) groups excluding carboxylic acids is 3. The van der Waals surface area contributed by atoms with Gasteiger partial charge in [-0.1, -0.05) is 91.0 Å². The van der Waals surface area contributed by atoms with E-state index in [1.807, 2.05) is 42.5 Å². The number of primary amides is 1. The number of benzene rings is 3. The van der Waals surface area contributed by atoms with Crippen LogP contribution in [0.5, 0.6) is 0 Å². The standard InChI is InChI=1S/C10H11ClO3.C10H10O3.C9H12N2O2/c1-14-10(13)8(11)9(12)7-5-3-2-4-6-7;1-12-10(11)9-8(13-9)7-5-3-2-4-6-7;10-7(8(12)9(11)13)6-4-2-1-3-5-6/h2-6,8-9,12H,1H3;2-6,8-9H,1H3;1-5,7-8,12H,10H2,(H2,11,13)/t8-,9+;;/m0../s1. The molecule has 40 heavy (non-hydrogen) atoms. The van der Waals surface area contributed by atoms with Gasteiger partial charge in [0, 0.05) is 0 Å². The molecule has 4 rings (SSSR count). The molecule has 11 heteroatoms. The Hall–Kier alpha value is -3.80. The number of alkyl halides is 1. The highest BCUT2D eigenvalue weighted by Crippen LogP contribution is 2.39. The van der Waals surface area contributed by atoms with Crippen molar-refractivity contribution in [2.45, 2.75) is 35.8 Å². The van der Waals surface area contributed by atoms with Crippen LogP contribution in [0, 0.1) is 0 Å². The number of epoxide rings is 1. The van der Waals surface area contributed by atoms with Crippen LogP contribution in [0.3, 0.4) is 0 Å². The van der Waals surface area contributed by atoms with Gasteiger partial charge < -0.3 is 35.9 Å². The van der Waals surface area contributed by atoms with E-state index in [4.69, 9.17) is 27.8 Å². The largest absolute Gasteiger partial charge is 0.468 e. The van der Waals surface area contributed by atoms with Crippen molar-refractivity contribution in [3.05, 3.63) is 108 Å². The van der Waals surface area contributed by atoms with E-state index in [1.54, 1.807) is 48.5 Å². The third-order valence-corrected chi connectivity index (χ3v) is 6.13. The molecule has 3 aromatic carbocycles. The lowest BCUT2D eigenvalue weighted by Crippen LogP contribution is -2.37. The predicted molar refractivity (Wildman–Crippen MR) is 148 cm³/mol. The van der Waals surface area contributed by atoms with Crippen LogP contribution in [-0.4, -0.2) is 59.9 Å². The molecule has 0 saturated carbocycles. The average molecular weight is 573 g/mol. The van der Waals surface area contributed by atoms with Crippen LogP contribution < -0.4 is 11.5 Å². The Labute approximate surface area is 237 Å². The number of nitrogens with two attached hydrogens (primary N) is 2. The first-order valence-electron chi connectivity index (χ1n) is 12.1. The number of amides is 1. The number of hydrogen-bond donors (Lipinski definition) is 4. The van der Waals surface area contributed by atoms with Gasteiger partial charge in [0.15, 0.2) is 17.6 Å². The summed E-state index contributed by atoms with van der Waals surface area (Å²) in [6.45, 7) is 0. The van der Waals surface area contributed by atoms with Crippen molar-refractivity contribution in [2.24, 2.45) is 11.5 Å². The molecule has 1 fully saturated rings. The molecule has 1 heterocycles. The maximum Gasteiger partial charge on any atom is 0.338 e. The van der Waals surface area contributed by atoms with Crippen molar-refractivity contribution in [1.29, 1.82) is 0 Å². The molecule has 10 nitrogen and oxygen atoms in total. The average Bonchev–Trinajstić information content (AvgIpc) is 3.82. The summed E-state index contributed by atoms with van der Waals surface area (Å²) in [6.07, 6.45) is -2.87. The van der Waals surface area contributed by atoms with Crippen molar-refractivity contribution in [2.75, 3.05) is 14.2 Å². The molecule has 6 atom stereocenters. The number of aliphatic hydroxyl groups is 2. The third-order valence-electron chi connectivity index (χ3n) is 5.71. The Balaban J connectivity index is 0.000000210. The highest BCUT2D eigenvalue weighted by Gasteiger charge is 2.46. The molecule has 1 aliphatic heterocycles. The summed E-state index contributed by atoms with van der Waals surface area (Å²) >= 11 is 5.69. The van der Waals surface area contributed by atoms with Crippen molar-refractivity contribution in [1.82, 2.24) is 0 Å². The molecule has 0 bridgehead atoms. The zero-order chi connectivity index (χ0) is 29.7. The number of aliphatic hydroxyl groups excluding tert-OH is 2. The molecule has 1 saturated heterocycles. The molecule has 0 aliphatic carbocycles. The first-order valence-corrected chi connectivity index (χ1v) is 12.6. The van der Waals surface area contributed by atoms with E-state index in [9.17, 15) is 24.6 Å². The van der Waals surface area contributed by atoms with E-state index in [0.29, 0.717) is 11.1 Å². The van der Waals surface area contributed by atoms with Gasteiger partial charge in [0.1, 0.15) is 12.2 Å². The number of rotatable bonds is 8. The summed E-state index contributed by atoms with van der Waals surface area (Å²) in [4.78, 5) is 32.6. The molecule has 0 radical (unpaired) electrons. The third kappa shape index (κ3) is 9.74. The molecule has 6 N–H and O–H groups in total. The Bertz CT molecular complexity index is 1200. The van der Waals surface area contributed by atoms with E-state index in [2.05, 4.69) is 9.47 Å². The Morgan fingerprint density at radius 1 is 0.825 bits per heavy atom. The molecule has 3 aromatic rings. The summed E-state index contributed by atoms with van der Waals surface area (Å²) in [5, 5.41) is 17.8. The molecular formula is C29H33ClN2O8. The lowest BCUT2D eigenvalue weighted by atomic mass is 10.0. The Kier molecular flexibility index (Phi) is 13.2. The van der Waals surface area contributed by atoms with Crippen LogP contribution in [0.4, 0.5) is 0 Å². The second kappa shape index (κ2) is 16.3. The van der Waals surface area contributed by atoms with Gasteiger partial charge in [0.25, 0.3) is 0 Å². The summed E-state index contributed by atoms with van der Waals surface area (Å²) in [6, 6.07) is 26.5. The number of methoxy groups -OCH3 is 2. The molecule has 0 aromatic heterocycles. The minimum Gasteiger partial charge on any atom is -0.468 e. The van der Waals surface area contributed by atoms with Crippen LogP contribution in [0.15, 0.2) is 91.0 Å². The van der Waals surface area contributed by atoms with Gasteiger partial charge in [-0.15, -0.1) is 11.6 Å². The number of carbonyl (C=O) groups is 3. The predicted octanol–water partition coefficient (Wildman–Crippen LogP) is 2.33. The van der Waals surface area contributed by atoms with Gasteiger partial charge in [-0.05, 0) is 16.7 Å². The topological polar surface area (TPSA) is 175 Å². The molecule has 214 valence electrons. The molecule has 1 aliphatic rings. The van der Waals surface area contributed by atoms with Gasteiger partial charge in [-0.3, -0.25) is 9.59 Å². The number of hydrogen-bond acceptors (Lipinski definition) is 9. The smallest absolute Gasteiger partial charge is 0.338 e. The van der Waals surface area contributed by atoms with Crippen molar-refractivity contribution in [3.63, 3.8) is 0 Å². The molecule has 1 amide bonds. The highest BCUT2D eigenvalue weighted by molar-refractivity contribution is 6.30. The minimum absolute atomic E-state index is 0.103. The summed E-state index contributed by atoms with van der Waals surface area (Å²) in [5.41, 5.74) is 12.8. The molecular weight excluding hydrogens is 540 g/mol. The zero-order valence-corrected chi connectivity index (χ0v) is 22.8. The lowest BCUT2D eigenvalue weighted by Gasteiger charge is -2.15. The van der Waals surface area contributed by atoms with E-state index in [0.717, 1.165) is 5.56 Å². The lowest BCUT2D eigenvalue weighted by molar-refractivity contribution is -0.143. The van der Waals surface area contributed by atoms with Crippen LogP contribution in [-0.2, 0) is 28.6 Å². The fourth-order valence-corrected chi connectivity index (χ4v) is 3.63. The van der Waals surface area contributed by atoms with E-state index >= 15 is 0 Å². The van der Waals surface area contributed by atoms with Crippen LogP contribution in [0.25, 0.3) is 0 Å². The highest BCUT2D eigenvalue weighted by atomic mass is 35.5. The summed E-state index contributed by atoms with van der Waals surface area (Å²) in [5.74, 6) is -1.74. The summed E-state index contributed by atoms with van der Waals surface area (Å²) < 4.78 is 14.2. The van der Waals surface area contributed by atoms with Gasteiger partial charge in [0.05, 0.1) is 20.3 Å². The zero-order valence-electron chi connectivity index (χ0n) is 22.0. The monoisotopic (exact) mass is 572 g/mol. The fraction of sp³-hybridized carbons (Fsp3) is 0.276. The number of ether oxygens (including phenoxy) is 3. The van der Waals surface area contributed by atoms with Gasteiger partial charge in [-0.2, -0.15) is 0 Å². The van der Waals surface area contributed by atoms with Gasteiger partial charge >= 0.3 is 11.9 Å². The maximum atomic E-state index is 11.0. The normalized spacial score (nSPS) is 18.1. The minimum atomic E-state index is -1.33. The second-order valence-electron chi connectivity index (χ2n) is 8.48. The number of esters is 2. The fourth-order valence-electron chi connectivity index (χ4n) is 3.40. The Morgan fingerprint density at radius 2 is 1.30 bits per heavy atom. The first kappa shape index (κ1) is 32.4. The van der Waals surface area contributed by atoms with Gasteiger partial charge in [-0.25, -0.2) is 4.79 Å².